The molecule has 1 fully saturated rings. The van der Waals surface area contributed by atoms with E-state index in [1.807, 2.05) is 12.1 Å². The van der Waals surface area contributed by atoms with Crippen LogP contribution in [-0.4, -0.2) is 31.5 Å². The van der Waals surface area contributed by atoms with E-state index in [0.29, 0.717) is 28.1 Å². The number of aromatic nitrogens is 2. The summed E-state index contributed by atoms with van der Waals surface area (Å²) in [6.07, 6.45) is 6.98. The summed E-state index contributed by atoms with van der Waals surface area (Å²) < 4.78 is 33.3. The fraction of sp³-hybridized carbons (Fsp3) is 0.304. The van der Waals surface area contributed by atoms with Gasteiger partial charge in [0, 0.05) is 16.8 Å². The van der Waals surface area contributed by atoms with Crippen molar-refractivity contribution in [1.82, 2.24) is 14.7 Å². The topological polar surface area (TPSA) is 105 Å². The third-order valence-corrected chi connectivity index (χ3v) is 7.09. The van der Waals surface area contributed by atoms with E-state index in [9.17, 15) is 8.42 Å². The maximum absolute atomic E-state index is 12.4. The number of hydrogen-bond donors (Lipinski definition) is 3. The van der Waals surface area contributed by atoms with Gasteiger partial charge in [0.15, 0.2) is 0 Å². The molecule has 0 atom stereocenters. The van der Waals surface area contributed by atoms with Crippen LogP contribution >= 0.6 is 11.6 Å². The van der Waals surface area contributed by atoms with Gasteiger partial charge >= 0.3 is 0 Å². The van der Waals surface area contributed by atoms with Crippen LogP contribution in [0.3, 0.4) is 0 Å². The summed E-state index contributed by atoms with van der Waals surface area (Å²) in [5.74, 6) is 1.65. The molecule has 1 heterocycles. The van der Waals surface area contributed by atoms with Crippen molar-refractivity contribution < 1.29 is 13.2 Å². The monoisotopic (exact) mass is 487 g/mol. The van der Waals surface area contributed by atoms with Gasteiger partial charge in [-0.1, -0.05) is 18.0 Å². The molecule has 0 spiro atoms. The molecule has 0 unspecified atom stereocenters. The molecular formula is C23H26ClN5O3S. The fourth-order valence-electron chi connectivity index (χ4n) is 3.67. The Bertz CT molecular complexity index is 1200. The number of ether oxygens (including phenoxy) is 1. The van der Waals surface area contributed by atoms with Crippen LogP contribution in [0.4, 0.5) is 23.0 Å². The smallest absolute Gasteiger partial charge is 0.240 e. The van der Waals surface area contributed by atoms with Crippen molar-refractivity contribution >= 4 is 44.6 Å². The van der Waals surface area contributed by atoms with Crippen molar-refractivity contribution in [2.45, 2.75) is 43.1 Å². The average molecular weight is 488 g/mol. The minimum Gasteiger partial charge on any atom is -0.488 e. The first-order valence-electron chi connectivity index (χ1n) is 10.8. The molecule has 0 aliphatic heterocycles. The lowest BCUT2D eigenvalue weighted by atomic mass is 9.98. The first-order chi connectivity index (χ1) is 15.9. The third-order valence-electron chi connectivity index (χ3n) is 5.42. The molecule has 0 saturated heterocycles. The van der Waals surface area contributed by atoms with E-state index in [4.69, 9.17) is 16.3 Å². The van der Waals surface area contributed by atoms with E-state index < -0.39 is 10.0 Å². The Labute approximate surface area is 198 Å². The molecule has 10 heteroatoms. The van der Waals surface area contributed by atoms with Gasteiger partial charge in [0.05, 0.1) is 16.7 Å². The Morgan fingerprint density at radius 1 is 0.939 bits per heavy atom. The third kappa shape index (κ3) is 6.13. The molecule has 1 aliphatic rings. The second-order valence-corrected chi connectivity index (χ2v) is 10.1. The van der Waals surface area contributed by atoms with Gasteiger partial charge < -0.3 is 15.4 Å². The van der Waals surface area contributed by atoms with Gasteiger partial charge in [0.1, 0.15) is 23.7 Å². The Kier molecular flexibility index (Phi) is 7.32. The Hall–Kier alpha value is -2.88. The van der Waals surface area contributed by atoms with Gasteiger partial charge in [-0.2, -0.15) is 0 Å². The van der Waals surface area contributed by atoms with Crippen molar-refractivity contribution in [3.05, 3.63) is 59.9 Å². The minimum absolute atomic E-state index is 0.110. The molecule has 0 bridgehead atoms. The second kappa shape index (κ2) is 10.4. The molecule has 3 aromatic rings. The lowest BCUT2D eigenvalue weighted by Gasteiger charge is -2.24. The summed E-state index contributed by atoms with van der Waals surface area (Å²) in [5.41, 5.74) is 1.35. The lowest BCUT2D eigenvalue weighted by Crippen LogP contribution is -2.21. The molecule has 3 N–H and O–H groups in total. The maximum Gasteiger partial charge on any atom is 0.240 e. The van der Waals surface area contributed by atoms with E-state index in [1.54, 1.807) is 36.4 Å². The molecular weight excluding hydrogens is 462 g/mol. The van der Waals surface area contributed by atoms with E-state index in [2.05, 4.69) is 25.3 Å². The van der Waals surface area contributed by atoms with E-state index in [0.717, 1.165) is 31.4 Å². The van der Waals surface area contributed by atoms with E-state index >= 15 is 0 Å². The summed E-state index contributed by atoms with van der Waals surface area (Å²) in [6, 6.07) is 13.8. The van der Waals surface area contributed by atoms with Crippen molar-refractivity contribution in [1.29, 1.82) is 0 Å². The van der Waals surface area contributed by atoms with Gasteiger partial charge in [-0.05, 0) is 75.2 Å². The molecule has 1 saturated carbocycles. The number of benzene rings is 2. The lowest BCUT2D eigenvalue weighted by molar-refractivity contribution is 0.156. The molecule has 2 aromatic carbocycles. The predicted molar refractivity (Wildman–Crippen MR) is 130 cm³/mol. The Balaban J connectivity index is 1.60. The van der Waals surface area contributed by atoms with Crippen molar-refractivity contribution in [3.8, 4) is 5.75 Å². The molecule has 1 aliphatic carbocycles. The molecule has 174 valence electrons. The fourth-order valence-corrected chi connectivity index (χ4v) is 4.55. The highest BCUT2D eigenvalue weighted by Gasteiger charge is 2.20. The van der Waals surface area contributed by atoms with Crippen LogP contribution in [-0.2, 0) is 10.0 Å². The Morgan fingerprint density at radius 2 is 1.64 bits per heavy atom. The normalized spacial score (nSPS) is 14.6. The summed E-state index contributed by atoms with van der Waals surface area (Å²) in [6.45, 7) is 0. The minimum atomic E-state index is -3.62. The highest BCUT2D eigenvalue weighted by atomic mass is 35.5. The first-order valence-corrected chi connectivity index (χ1v) is 12.6. The van der Waals surface area contributed by atoms with Crippen molar-refractivity contribution in [2.24, 2.45) is 0 Å². The Morgan fingerprint density at radius 3 is 2.33 bits per heavy atom. The molecule has 0 radical (unpaired) electrons. The van der Waals surface area contributed by atoms with Gasteiger partial charge in [0.25, 0.3) is 0 Å². The number of halogens is 1. The zero-order chi connectivity index (χ0) is 23.3. The van der Waals surface area contributed by atoms with Crippen LogP contribution < -0.4 is 20.1 Å². The zero-order valence-corrected chi connectivity index (χ0v) is 19.8. The second-order valence-electron chi connectivity index (χ2n) is 7.79. The van der Waals surface area contributed by atoms with Crippen LogP contribution in [0.5, 0.6) is 5.75 Å². The molecule has 8 nitrogen and oxygen atoms in total. The van der Waals surface area contributed by atoms with Gasteiger partial charge in [-0.25, -0.2) is 23.1 Å². The zero-order valence-electron chi connectivity index (χ0n) is 18.2. The summed E-state index contributed by atoms with van der Waals surface area (Å²) in [7, 11) is -2.23. The van der Waals surface area contributed by atoms with Crippen LogP contribution in [0.2, 0.25) is 5.02 Å². The van der Waals surface area contributed by atoms with Crippen molar-refractivity contribution in [2.75, 3.05) is 17.7 Å². The quantitative estimate of drug-likeness (QED) is 0.399. The van der Waals surface area contributed by atoms with Crippen LogP contribution in [0, 0.1) is 0 Å². The predicted octanol–water partition coefficient (Wildman–Crippen LogP) is 5.24. The van der Waals surface area contributed by atoms with E-state index in [-0.39, 0.29) is 11.0 Å². The number of anilines is 4. The van der Waals surface area contributed by atoms with Gasteiger partial charge in [-0.15, -0.1) is 0 Å². The van der Waals surface area contributed by atoms with E-state index in [1.165, 1.54) is 19.8 Å². The summed E-state index contributed by atoms with van der Waals surface area (Å²) in [5, 5.41) is 7.05. The maximum atomic E-state index is 12.4. The highest BCUT2D eigenvalue weighted by Crippen LogP contribution is 2.33. The summed E-state index contributed by atoms with van der Waals surface area (Å²) in [4.78, 5) is 8.68. The standard InChI is InChI=1S/C23H26ClN5O3S/c1-25-33(30,31)19-11-12-21(32-18-5-3-2-4-6-18)20(13-19)29-23-14-22(26-15-27-23)28-17-9-7-16(24)8-10-17/h7-15,18,25H,2-6H2,1H3,(H2,26,27,28,29). The number of sulfonamides is 1. The number of rotatable bonds is 8. The first kappa shape index (κ1) is 23.3. The summed E-state index contributed by atoms with van der Waals surface area (Å²) >= 11 is 5.95. The molecule has 4 rings (SSSR count). The average Bonchev–Trinajstić information content (AvgIpc) is 2.82. The number of hydrogen-bond acceptors (Lipinski definition) is 7. The molecule has 1 aromatic heterocycles. The van der Waals surface area contributed by atoms with Crippen LogP contribution in [0.1, 0.15) is 32.1 Å². The highest BCUT2D eigenvalue weighted by molar-refractivity contribution is 7.89. The largest absolute Gasteiger partial charge is 0.488 e. The SMILES string of the molecule is CNS(=O)(=O)c1ccc(OC2CCCCC2)c(Nc2cc(Nc3ccc(Cl)cc3)ncn2)c1. The molecule has 33 heavy (non-hydrogen) atoms. The molecule has 0 amide bonds. The van der Waals surface area contributed by atoms with Gasteiger partial charge in [0.2, 0.25) is 10.0 Å². The van der Waals surface area contributed by atoms with Crippen LogP contribution in [0.25, 0.3) is 0 Å². The number of nitrogens with zero attached hydrogens (tertiary/aromatic N) is 2. The van der Waals surface area contributed by atoms with Gasteiger partial charge in [-0.3, -0.25) is 0 Å². The van der Waals surface area contributed by atoms with Crippen LogP contribution in [0.15, 0.2) is 59.8 Å². The number of nitrogens with one attached hydrogen (secondary N) is 3. The van der Waals surface area contributed by atoms with Crippen molar-refractivity contribution in [3.63, 3.8) is 0 Å².